The molecule has 2 saturated heterocycles. The maximum atomic E-state index is 13.9. The molecule has 0 radical (unpaired) electrons. The Morgan fingerprint density at radius 2 is 1.92 bits per heavy atom. The monoisotopic (exact) mass is 569 g/mol. The van der Waals surface area contributed by atoms with E-state index in [4.69, 9.17) is 4.74 Å². The Balaban J connectivity index is 1.53. The highest BCUT2D eigenvalue weighted by Gasteiger charge is 2.36. The second-order valence-corrected chi connectivity index (χ2v) is 12.9. The van der Waals surface area contributed by atoms with E-state index in [-0.39, 0.29) is 35.7 Å². The molecule has 0 bridgehead atoms. The van der Waals surface area contributed by atoms with Gasteiger partial charge in [-0.05, 0) is 51.5 Å². The molecule has 9 nitrogen and oxygen atoms in total. The minimum Gasteiger partial charge on any atom is -0.381 e. The Kier molecular flexibility index (Phi) is 9.22. The average Bonchev–Trinajstić information content (AvgIpc) is 2.92. The van der Waals surface area contributed by atoms with E-state index < -0.39 is 32.9 Å². The van der Waals surface area contributed by atoms with Gasteiger partial charge in [-0.3, -0.25) is 14.8 Å². The van der Waals surface area contributed by atoms with E-state index in [1.165, 1.54) is 22.8 Å². The van der Waals surface area contributed by atoms with Crippen molar-refractivity contribution in [3.8, 4) is 11.3 Å². The summed E-state index contributed by atoms with van der Waals surface area (Å²) in [6.45, 7) is 5.56. The minimum absolute atomic E-state index is 0.0160. The normalized spacial score (nSPS) is 19.8. The highest BCUT2D eigenvalue weighted by atomic mass is 32.2. The van der Waals surface area contributed by atoms with Crippen LogP contribution in [0, 0.1) is 11.8 Å². The van der Waals surface area contributed by atoms with Crippen molar-refractivity contribution in [1.82, 2.24) is 19.3 Å². The summed E-state index contributed by atoms with van der Waals surface area (Å²) in [4.78, 5) is 25.5. The molecule has 0 amide bonds. The quantitative estimate of drug-likeness (QED) is 0.483. The lowest BCUT2D eigenvalue weighted by atomic mass is 9.92. The molecule has 0 spiro atoms. The van der Waals surface area contributed by atoms with Gasteiger partial charge in [-0.2, -0.15) is 13.2 Å². The van der Waals surface area contributed by atoms with Gasteiger partial charge in [-0.15, -0.1) is 0 Å². The van der Waals surface area contributed by atoms with Crippen LogP contribution in [0.25, 0.3) is 11.3 Å². The number of piperidine rings is 1. The fraction of sp³-hybridized carbons (Fsp3) is 0.615. The zero-order chi connectivity index (χ0) is 28.2. The number of pyridine rings is 1. The summed E-state index contributed by atoms with van der Waals surface area (Å²) < 4.78 is 73.5. The summed E-state index contributed by atoms with van der Waals surface area (Å²) in [6.07, 6.45) is 1.38. The molecule has 4 rings (SSSR count). The molecule has 0 saturated carbocycles. The van der Waals surface area contributed by atoms with Crippen molar-refractivity contribution < 1.29 is 31.1 Å². The van der Waals surface area contributed by atoms with E-state index in [1.807, 2.05) is 0 Å². The van der Waals surface area contributed by atoms with Crippen molar-refractivity contribution in [1.29, 1.82) is 0 Å². The van der Waals surface area contributed by atoms with Gasteiger partial charge in [0.2, 0.25) is 10.0 Å². The standard InChI is InChI=1S/C26H34F3N5O4S/c1-17(2)39(36,37)34-7-3-4-19(16-34)24(35)11-20-10-21(22(13-31-20)26(27,28)29)23-14-30-15-25(33-23)32-12-18-5-8-38-9-6-18/h10,13-15,17-19H,3-9,11-12,16H2,1-2H3,(H,32,33)/t19-/m0/s1. The highest BCUT2D eigenvalue weighted by Crippen LogP contribution is 2.37. The van der Waals surface area contributed by atoms with Crippen LogP contribution in [0.3, 0.4) is 0 Å². The summed E-state index contributed by atoms with van der Waals surface area (Å²) in [7, 11) is -3.51. The van der Waals surface area contributed by atoms with Crippen molar-refractivity contribution in [3.05, 3.63) is 35.9 Å². The first-order valence-electron chi connectivity index (χ1n) is 13.2. The third-order valence-corrected chi connectivity index (χ3v) is 9.48. The van der Waals surface area contributed by atoms with Crippen molar-refractivity contribution >= 4 is 21.6 Å². The van der Waals surface area contributed by atoms with E-state index >= 15 is 0 Å². The number of hydrogen-bond donors (Lipinski definition) is 1. The molecule has 2 aliphatic heterocycles. The number of rotatable bonds is 9. The van der Waals surface area contributed by atoms with Crippen LogP contribution in [0.15, 0.2) is 24.7 Å². The predicted molar refractivity (Wildman–Crippen MR) is 139 cm³/mol. The molecule has 2 fully saturated rings. The molecular weight excluding hydrogens is 535 g/mol. The highest BCUT2D eigenvalue weighted by molar-refractivity contribution is 7.89. The number of sulfonamides is 1. The number of nitrogens with zero attached hydrogens (tertiary/aromatic N) is 4. The average molecular weight is 570 g/mol. The van der Waals surface area contributed by atoms with Gasteiger partial charge in [-0.1, -0.05) is 0 Å². The van der Waals surface area contributed by atoms with Crippen LogP contribution in [-0.4, -0.2) is 71.6 Å². The number of nitrogens with one attached hydrogen (secondary N) is 1. The Hall–Kier alpha value is -2.64. The number of alkyl halides is 3. The van der Waals surface area contributed by atoms with Gasteiger partial charge >= 0.3 is 6.18 Å². The number of anilines is 1. The molecule has 1 N–H and O–H groups in total. The van der Waals surface area contributed by atoms with Crippen LogP contribution >= 0.6 is 0 Å². The molecular formula is C26H34F3N5O4S. The summed E-state index contributed by atoms with van der Waals surface area (Å²) >= 11 is 0. The Bertz CT molecular complexity index is 1270. The lowest BCUT2D eigenvalue weighted by molar-refractivity contribution is -0.137. The Labute approximate surface area is 226 Å². The van der Waals surface area contributed by atoms with Gasteiger partial charge in [-0.25, -0.2) is 17.7 Å². The van der Waals surface area contributed by atoms with E-state index in [1.54, 1.807) is 13.8 Å². The number of ketones is 1. The van der Waals surface area contributed by atoms with Crippen LogP contribution < -0.4 is 5.32 Å². The van der Waals surface area contributed by atoms with Crippen LogP contribution in [0.1, 0.15) is 50.8 Å². The predicted octanol–water partition coefficient (Wildman–Crippen LogP) is 3.96. The first kappa shape index (κ1) is 29.3. The van der Waals surface area contributed by atoms with Crippen LogP contribution in [0.4, 0.5) is 19.0 Å². The third kappa shape index (κ3) is 7.31. The molecule has 2 aromatic heterocycles. The number of carbonyl (C=O) groups is 1. The van der Waals surface area contributed by atoms with Crippen LogP contribution in [0.5, 0.6) is 0 Å². The van der Waals surface area contributed by atoms with E-state index in [2.05, 4.69) is 20.3 Å². The number of hydrogen-bond acceptors (Lipinski definition) is 8. The Morgan fingerprint density at radius 1 is 1.18 bits per heavy atom. The van der Waals surface area contributed by atoms with Gasteiger partial charge < -0.3 is 10.1 Å². The Morgan fingerprint density at radius 3 is 2.62 bits per heavy atom. The summed E-state index contributed by atoms with van der Waals surface area (Å²) in [5.74, 6) is -0.0675. The van der Waals surface area contributed by atoms with E-state index in [9.17, 15) is 26.4 Å². The third-order valence-electron chi connectivity index (χ3n) is 7.24. The first-order valence-corrected chi connectivity index (χ1v) is 14.7. The first-order chi connectivity index (χ1) is 18.4. The van der Waals surface area contributed by atoms with Crippen molar-refractivity contribution in [3.63, 3.8) is 0 Å². The van der Waals surface area contributed by atoms with E-state index in [0.717, 1.165) is 19.0 Å². The lowest BCUT2D eigenvalue weighted by Gasteiger charge is -2.32. The SMILES string of the molecule is CC(C)S(=O)(=O)N1CCC[C@H](C(=O)Cc2cc(-c3cncc(NCC4CCOCC4)n3)c(C(F)(F)F)cn2)C1. The van der Waals surface area contributed by atoms with Crippen molar-refractivity contribution in [2.24, 2.45) is 11.8 Å². The number of Topliss-reactive ketones (excluding diaryl/α,β-unsaturated/α-hetero) is 1. The fourth-order valence-electron chi connectivity index (χ4n) is 4.87. The molecule has 1 atom stereocenters. The molecule has 13 heteroatoms. The summed E-state index contributed by atoms with van der Waals surface area (Å²) in [5.41, 5.74) is -1.01. The molecule has 214 valence electrons. The largest absolute Gasteiger partial charge is 0.418 e. The van der Waals surface area contributed by atoms with Crippen molar-refractivity contribution in [2.45, 2.75) is 57.4 Å². The maximum Gasteiger partial charge on any atom is 0.418 e. The zero-order valence-electron chi connectivity index (χ0n) is 22.1. The van der Waals surface area contributed by atoms with Gasteiger partial charge in [0, 0.05) is 62.6 Å². The number of halogens is 3. The number of ether oxygens (including phenoxy) is 1. The lowest BCUT2D eigenvalue weighted by Crippen LogP contribution is -2.45. The summed E-state index contributed by atoms with van der Waals surface area (Å²) in [6, 6.07) is 1.23. The summed E-state index contributed by atoms with van der Waals surface area (Å²) in [5, 5.41) is 2.56. The van der Waals surface area contributed by atoms with Gasteiger partial charge in [0.1, 0.15) is 11.6 Å². The number of aromatic nitrogens is 3. The van der Waals surface area contributed by atoms with Gasteiger partial charge in [0.15, 0.2) is 0 Å². The second-order valence-electron chi connectivity index (χ2n) is 10.4. The molecule has 2 aliphatic rings. The fourth-order valence-corrected chi connectivity index (χ4v) is 6.24. The topological polar surface area (TPSA) is 114 Å². The molecule has 0 aromatic carbocycles. The van der Waals surface area contributed by atoms with Gasteiger partial charge in [0.05, 0.1) is 28.9 Å². The maximum absolute atomic E-state index is 13.9. The second kappa shape index (κ2) is 12.3. The van der Waals surface area contributed by atoms with Crippen molar-refractivity contribution in [2.75, 3.05) is 38.2 Å². The molecule has 2 aromatic rings. The van der Waals surface area contributed by atoms with E-state index in [0.29, 0.717) is 50.9 Å². The molecule has 39 heavy (non-hydrogen) atoms. The minimum atomic E-state index is -4.69. The van der Waals surface area contributed by atoms with Crippen LogP contribution in [0.2, 0.25) is 0 Å². The number of carbonyl (C=O) groups excluding carboxylic acids is 1. The van der Waals surface area contributed by atoms with Crippen LogP contribution in [-0.2, 0) is 32.2 Å². The molecule has 0 aliphatic carbocycles. The molecule has 4 heterocycles. The van der Waals surface area contributed by atoms with Gasteiger partial charge in [0.25, 0.3) is 0 Å². The molecule has 0 unspecified atom stereocenters. The smallest absolute Gasteiger partial charge is 0.381 e. The zero-order valence-corrected chi connectivity index (χ0v) is 22.9.